The van der Waals surface area contributed by atoms with E-state index in [1.807, 2.05) is 36.7 Å². The lowest BCUT2D eigenvalue weighted by molar-refractivity contribution is -0.139. The van der Waals surface area contributed by atoms with E-state index in [1.54, 1.807) is 29.6 Å². The Bertz CT molecular complexity index is 1020. The zero-order valence-electron chi connectivity index (χ0n) is 16.0. The van der Waals surface area contributed by atoms with Crippen LogP contribution in [-0.2, 0) is 26.1 Å². The Balaban J connectivity index is 2.22. The second kappa shape index (κ2) is 7.91. The monoisotopic (exact) mass is 380 g/mol. The molecule has 3 rings (SSSR count). The van der Waals surface area contributed by atoms with Gasteiger partial charge in [-0.2, -0.15) is 0 Å². The maximum absolute atomic E-state index is 12.6. The number of rotatable bonds is 4. The quantitative estimate of drug-likeness (QED) is 0.752. The highest BCUT2D eigenvalue weighted by Crippen LogP contribution is 2.33. The number of hydrogen-bond donors (Lipinski definition) is 0. The number of nitrogens with zero attached hydrogens (tertiary/aromatic N) is 4. The fourth-order valence-electron chi connectivity index (χ4n) is 3.00. The molecule has 0 saturated carbocycles. The van der Waals surface area contributed by atoms with E-state index in [9.17, 15) is 9.59 Å². The van der Waals surface area contributed by atoms with Gasteiger partial charge in [-0.3, -0.25) is 0 Å². The molecular weight excluding hydrogens is 360 g/mol. The zero-order valence-corrected chi connectivity index (χ0v) is 16.0. The first-order valence-corrected chi connectivity index (χ1v) is 8.48. The minimum Gasteiger partial charge on any atom is -0.465 e. The number of anilines is 1. The van der Waals surface area contributed by atoms with Crippen molar-refractivity contribution in [2.24, 2.45) is 7.05 Å². The second-order valence-electron chi connectivity index (χ2n) is 6.03. The van der Waals surface area contributed by atoms with Gasteiger partial charge in [0.05, 0.1) is 19.8 Å². The first-order valence-electron chi connectivity index (χ1n) is 8.48. The lowest BCUT2D eigenvalue weighted by Crippen LogP contribution is -2.27. The van der Waals surface area contributed by atoms with E-state index in [1.165, 1.54) is 20.3 Å². The van der Waals surface area contributed by atoms with Crippen molar-refractivity contribution in [2.45, 2.75) is 6.92 Å². The summed E-state index contributed by atoms with van der Waals surface area (Å²) in [6.07, 6.45) is 8.23. The van der Waals surface area contributed by atoms with Gasteiger partial charge in [-0.1, -0.05) is 18.2 Å². The van der Waals surface area contributed by atoms with E-state index in [0.29, 0.717) is 11.5 Å². The van der Waals surface area contributed by atoms with Gasteiger partial charge in [0.2, 0.25) is 0 Å². The van der Waals surface area contributed by atoms with Crippen molar-refractivity contribution in [1.29, 1.82) is 0 Å². The Kier molecular flexibility index (Phi) is 5.39. The van der Waals surface area contributed by atoms with Gasteiger partial charge in [-0.15, -0.1) is 10.2 Å². The number of carbonyl (C=O) groups excluding carboxylic acids is 2. The number of ether oxygens (including phenoxy) is 2. The molecule has 0 amide bonds. The third-order valence-corrected chi connectivity index (χ3v) is 4.41. The van der Waals surface area contributed by atoms with Gasteiger partial charge in [0.1, 0.15) is 12.0 Å². The SMILES string of the molecule is COC(=O)C1=C(C(=O)OC)N(c2cccc(-c3nncn3C)c2C)C=CC=C1. The summed E-state index contributed by atoms with van der Waals surface area (Å²) in [4.78, 5) is 26.5. The molecule has 1 aromatic carbocycles. The molecule has 0 saturated heterocycles. The van der Waals surface area contributed by atoms with Gasteiger partial charge in [0.25, 0.3) is 0 Å². The summed E-state index contributed by atoms with van der Waals surface area (Å²) in [5, 5.41) is 8.09. The van der Waals surface area contributed by atoms with E-state index in [-0.39, 0.29) is 11.3 Å². The Labute approximate surface area is 162 Å². The van der Waals surface area contributed by atoms with Crippen molar-refractivity contribution >= 4 is 17.6 Å². The van der Waals surface area contributed by atoms with E-state index in [0.717, 1.165) is 11.1 Å². The molecule has 8 heteroatoms. The van der Waals surface area contributed by atoms with Crippen LogP contribution in [0.2, 0.25) is 0 Å². The fraction of sp³-hybridized carbons (Fsp3) is 0.200. The van der Waals surface area contributed by atoms with Crippen molar-refractivity contribution in [3.8, 4) is 11.4 Å². The molecule has 0 N–H and O–H groups in total. The maximum Gasteiger partial charge on any atom is 0.355 e. The van der Waals surface area contributed by atoms with Crippen molar-refractivity contribution in [3.05, 3.63) is 65.8 Å². The third-order valence-electron chi connectivity index (χ3n) is 4.41. The molecule has 1 aliphatic rings. The van der Waals surface area contributed by atoms with E-state index >= 15 is 0 Å². The summed E-state index contributed by atoms with van der Waals surface area (Å²) in [6, 6.07) is 5.62. The predicted octanol–water partition coefficient (Wildman–Crippen LogP) is 2.28. The Morgan fingerprint density at radius 3 is 2.46 bits per heavy atom. The van der Waals surface area contributed by atoms with Gasteiger partial charge < -0.3 is 18.9 Å². The van der Waals surface area contributed by atoms with Crippen molar-refractivity contribution in [3.63, 3.8) is 0 Å². The highest BCUT2D eigenvalue weighted by Gasteiger charge is 2.28. The molecule has 0 spiro atoms. The van der Waals surface area contributed by atoms with Crippen molar-refractivity contribution in [1.82, 2.24) is 14.8 Å². The minimum absolute atomic E-state index is 0.0672. The predicted molar refractivity (Wildman–Crippen MR) is 103 cm³/mol. The summed E-state index contributed by atoms with van der Waals surface area (Å²) in [5.41, 5.74) is 2.57. The number of methoxy groups -OCH3 is 2. The molecule has 0 bridgehead atoms. The zero-order chi connectivity index (χ0) is 20.3. The molecule has 2 heterocycles. The molecule has 0 atom stereocenters. The van der Waals surface area contributed by atoms with Gasteiger partial charge >= 0.3 is 11.9 Å². The summed E-state index contributed by atoms with van der Waals surface area (Å²) < 4.78 is 11.6. The number of hydrogen-bond acceptors (Lipinski definition) is 7. The highest BCUT2D eigenvalue weighted by atomic mass is 16.5. The topological polar surface area (TPSA) is 86.6 Å². The molecule has 0 unspecified atom stereocenters. The van der Waals surface area contributed by atoms with E-state index in [2.05, 4.69) is 10.2 Å². The third kappa shape index (κ3) is 3.32. The largest absolute Gasteiger partial charge is 0.465 e. The molecule has 0 fully saturated rings. The average molecular weight is 380 g/mol. The molecule has 0 aliphatic carbocycles. The van der Waals surface area contributed by atoms with Crippen LogP contribution < -0.4 is 4.90 Å². The Morgan fingerprint density at radius 1 is 1.07 bits per heavy atom. The summed E-state index contributed by atoms with van der Waals surface area (Å²) in [6.45, 7) is 1.91. The molecule has 0 radical (unpaired) electrons. The second-order valence-corrected chi connectivity index (χ2v) is 6.03. The molecule has 1 aromatic heterocycles. The normalized spacial score (nSPS) is 13.5. The highest BCUT2D eigenvalue weighted by molar-refractivity contribution is 6.05. The van der Waals surface area contributed by atoms with Crippen LogP contribution >= 0.6 is 0 Å². The molecule has 8 nitrogen and oxygen atoms in total. The van der Waals surface area contributed by atoms with Crippen LogP contribution in [0, 0.1) is 6.92 Å². The maximum atomic E-state index is 12.6. The first-order chi connectivity index (χ1) is 13.5. The smallest absolute Gasteiger partial charge is 0.355 e. The molecule has 28 heavy (non-hydrogen) atoms. The lowest BCUT2D eigenvalue weighted by Gasteiger charge is -2.25. The number of carbonyl (C=O) groups is 2. The number of allylic oxidation sites excluding steroid dienone is 2. The van der Waals surface area contributed by atoms with E-state index < -0.39 is 11.9 Å². The number of aromatic nitrogens is 3. The van der Waals surface area contributed by atoms with Gasteiger partial charge in [0, 0.05) is 24.5 Å². The number of esters is 2. The number of benzene rings is 1. The van der Waals surface area contributed by atoms with Crippen LogP contribution in [0.1, 0.15) is 5.56 Å². The van der Waals surface area contributed by atoms with Gasteiger partial charge in [-0.05, 0) is 30.7 Å². The fourth-order valence-corrected chi connectivity index (χ4v) is 3.00. The van der Waals surface area contributed by atoms with Gasteiger partial charge in [0.15, 0.2) is 5.82 Å². The van der Waals surface area contributed by atoms with Crippen molar-refractivity contribution in [2.75, 3.05) is 19.1 Å². The summed E-state index contributed by atoms with van der Waals surface area (Å²) >= 11 is 0. The van der Waals surface area contributed by atoms with E-state index in [4.69, 9.17) is 9.47 Å². The van der Waals surface area contributed by atoms with Gasteiger partial charge in [-0.25, -0.2) is 9.59 Å². The Morgan fingerprint density at radius 2 is 1.82 bits per heavy atom. The van der Waals surface area contributed by atoms with Crippen LogP contribution in [0.15, 0.2) is 60.2 Å². The van der Waals surface area contributed by atoms with Crippen LogP contribution in [0.3, 0.4) is 0 Å². The first kappa shape index (κ1) is 19.1. The van der Waals surface area contributed by atoms with Crippen LogP contribution in [0.4, 0.5) is 5.69 Å². The number of aryl methyl sites for hydroxylation is 1. The average Bonchev–Trinajstić information content (AvgIpc) is 3.00. The van der Waals surface area contributed by atoms with Crippen molar-refractivity contribution < 1.29 is 19.1 Å². The minimum atomic E-state index is -0.653. The molecular formula is C20H20N4O4. The van der Waals surface area contributed by atoms with Crippen LogP contribution in [-0.4, -0.2) is 40.9 Å². The molecule has 144 valence electrons. The standard InChI is InChI=1S/C20H20N4O4/c1-13-14(18-22-21-12-23(18)2)9-7-10-16(13)24-11-6-5-8-15(19(25)27-3)17(24)20(26)28-4/h5-12H,1-4H3. The molecule has 1 aliphatic heterocycles. The molecule has 2 aromatic rings. The van der Waals surface area contributed by atoms with Crippen LogP contribution in [0.5, 0.6) is 0 Å². The Hall–Kier alpha value is -3.68. The summed E-state index contributed by atoms with van der Waals surface area (Å²) in [7, 11) is 4.39. The lowest BCUT2D eigenvalue weighted by atomic mass is 10.0. The van der Waals surface area contributed by atoms with Crippen LogP contribution in [0.25, 0.3) is 11.4 Å². The summed E-state index contributed by atoms with van der Waals surface area (Å²) in [5.74, 6) is -0.597.